The highest BCUT2D eigenvalue weighted by atomic mass is 16.3. The minimum atomic E-state index is -0.266. The number of aromatic nitrogens is 3. The summed E-state index contributed by atoms with van der Waals surface area (Å²) in [6.07, 6.45) is 2.84. The van der Waals surface area contributed by atoms with Gasteiger partial charge in [0.15, 0.2) is 5.69 Å². The maximum Gasteiger partial charge on any atom is 0.276 e. The number of rotatable bonds is 4. The highest BCUT2D eigenvalue weighted by molar-refractivity contribution is 6.03. The van der Waals surface area contributed by atoms with Gasteiger partial charge in [-0.2, -0.15) is 0 Å². The molecule has 0 spiro atoms. The zero-order valence-electron chi connectivity index (χ0n) is 14.8. The Morgan fingerprint density at radius 2 is 1.70 bits per heavy atom. The van der Waals surface area contributed by atoms with Gasteiger partial charge >= 0.3 is 0 Å². The fourth-order valence-electron chi connectivity index (χ4n) is 3.22. The van der Waals surface area contributed by atoms with Crippen molar-refractivity contribution in [3.63, 3.8) is 0 Å². The normalized spacial score (nSPS) is 14.9. The molecular weight excluding hydrogens is 342 g/mol. The number of para-hydroxylation sites is 1. The third-order valence-electron chi connectivity index (χ3n) is 4.74. The molecule has 2 N–H and O–H groups in total. The van der Waals surface area contributed by atoms with Crippen LogP contribution in [0.2, 0.25) is 0 Å². The Morgan fingerprint density at radius 1 is 1.00 bits per heavy atom. The number of nitrogens with zero attached hydrogens (tertiary/aromatic N) is 4. The molecule has 1 aliphatic heterocycles. The van der Waals surface area contributed by atoms with Crippen LogP contribution in [-0.4, -0.2) is 45.2 Å². The Morgan fingerprint density at radius 3 is 2.41 bits per heavy atom. The van der Waals surface area contributed by atoms with Crippen LogP contribution in [0, 0.1) is 0 Å². The molecule has 3 aromatic rings. The number of hydrogen-bond donors (Lipinski definition) is 2. The molecule has 1 amide bonds. The van der Waals surface area contributed by atoms with Crippen molar-refractivity contribution in [3.8, 4) is 5.69 Å². The molecular formula is C20H21N5O2. The minimum absolute atomic E-state index is 0.192. The Balaban J connectivity index is 1.46. The van der Waals surface area contributed by atoms with Gasteiger partial charge in [-0.15, -0.1) is 5.10 Å². The number of anilines is 2. The molecule has 4 rings (SSSR count). The minimum Gasteiger partial charge on any atom is -0.393 e. The second kappa shape index (κ2) is 7.59. The van der Waals surface area contributed by atoms with Gasteiger partial charge in [-0.05, 0) is 49.2 Å². The van der Waals surface area contributed by atoms with E-state index < -0.39 is 0 Å². The molecule has 0 atom stereocenters. The van der Waals surface area contributed by atoms with Gasteiger partial charge in [-0.1, -0.05) is 23.4 Å². The molecule has 7 heteroatoms. The van der Waals surface area contributed by atoms with Gasteiger partial charge in [0.1, 0.15) is 0 Å². The van der Waals surface area contributed by atoms with Gasteiger partial charge < -0.3 is 15.3 Å². The molecule has 0 unspecified atom stereocenters. The number of piperidine rings is 1. The smallest absolute Gasteiger partial charge is 0.276 e. The van der Waals surface area contributed by atoms with Crippen LogP contribution < -0.4 is 10.2 Å². The van der Waals surface area contributed by atoms with Crippen molar-refractivity contribution >= 4 is 17.3 Å². The van der Waals surface area contributed by atoms with Gasteiger partial charge in [-0.25, -0.2) is 4.68 Å². The van der Waals surface area contributed by atoms with Gasteiger partial charge in [-0.3, -0.25) is 4.79 Å². The number of amides is 1. The van der Waals surface area contributed by atoms with Crippen LogP contribution >= 0.6 is 0 Å². The average Bonchev–Trinajstić information content (AvgIpc) is 3.20. The van der Waals surface area contributed by atoms with E-state index in [-0.39, 0.29) is 12.0 Å². The molecule has 1 fully saturated rings. The summed E-state index contributed by atoms with van der Waals surface area (Å²) in [4.78, 5) is 14.9. The SMILES string of the molecule is O=C(Nc1ccc(N2CCC(O)CC2)cc1)c1cnnn1-c1ccccc1. The van der Waals surface area contributed by atoms with Crippen molar-refractivity contribution in [3.05, 3.63) is 66.5 Å². The average molecular weight is 363 g/mol. The summed E-state index contributed by atoms with van der Waals surface area (Å²) in [6.45, 7) is 1.68. The molecule has 27 heavy (non-hydrogen) atoms. The van der Waals surface area contributed by atoms with E-state index in [9.17, 15) is 9.90 Å². The summed E-state index contributed by atoms with van der Waals surface area (Å²) >= 11 is 0. The molecule has 7 nitrogen and oxygen atoms in total. The van der Waals surface area contributed by atoms with Crippen molar-refractivity contribution in [1.29, 1.82) is 0 Å². The molecule has 1 saturated heterocycles. The van der Waals surface area contributed by atoms with Gasteiger partial charge in [0.25, 0.3) is 5.91 Å². The molecule has 0 bridgehead atoms. The summed E-state index contributed by atoms with van der Waals surface area (Å²) < 4.78 is 1.52. The van der Waals surface area contributed by atoms with Crippen LogP contribution in [0.3, 0.4) is 0 Å². The maximum absolute atomic E-state index is 12.6. The fraction of sp³-hybridized carbons (Fsp3) is 0.250. The van der Waals surface area contributed by atoms with Crippen molar-refractivity contribution in [2.75, 3.05) is 23.3 Å². The molecule has 0 aliphatic carbocycles. The fourth-order valence-corrected chi connectivity index (χ4v) is 3.22. The van der Waals surface area contributed by atoms with E-state index in [0.717, 1.165) is 37.3 Å². The maximum atomic E-state index is 12.6. The number of nitrogens with one attached hydrogen (secondary N) is 1. The quantitative estimate of drug-likeness (QED) is 0.744. The molecule has 0 radical (unpaired) electrons. The predicted molar refractivity (Wildman–Crippen MR) is 103 cm³/mol. The van der Waals surface area contributed by atoms with Crippen LogP contribution in [-0.2, 0) is 0 Å². The number of benzene rings is 2. The Kier molecular flexibility index (Phi) is 4.84. The van der Waals surface area contributed by atoms with Crippen molar-refractivity contribution in [2.24, 2.45) is 0 Å². The molecule has 0 saturated carbocycles. The van der Waals surface area contributed by atoms with Crippen molar-refractivity contribution in [1.82, 2.24) is 15.0 Å². The first-order valence-corrected chi connectivity index (χ1v) is 9.01. The summed E-state index contributed by atoms with van der Waals surface area (Å²) in [5.74, 6) is -0.266. The lowest BCUT2D eigenvalue weighted by Gasteiger charge is -2.31. The van der Waals surface area contributed by atoms with Crippen LogP contribution in [0.25, 0.3) is 5.69 Å². The summed E-state index contributed by atoms with van der Waals surface area (Å²) in [5.41, 5.74) is 2.95. The van der Waals surface area contributed by atoms with Crippen molar-refractivity contribution < 1.29 is 9.90 Å². The third-order valence-corrected chi connectivity index (χ3v) is 4.74. The molecule has 1 aromatic heterocycles. The lowest BCUT2D eigenvalue weighted by Crippen LogP contribution is -2.35. The number of carbonyl (C=O) groups excluding carboxylic acids is 1. The monoisotopic (exact) mass is 363 g/mol. The summed E-state index contributed by atoms with van der Waals surface area (Å²) in [5, 5.41) is 20.4. The first-order chi connectivity index (χ1) is 13.2. The largest absolute Gasteiger partial charge is 0.393 e. The van der Waals surface area contributed by atoms with E-state index in [0.29, 0.717) is 11.4 Å². The third kappa shape index (κ3) is 3.83. The number of aliphatic hydroxyl groups is 1. The van der Waals surface area contributed by atoms with E-state index in [2.05, 4.69) is 20.5 Å². The highest BCUT2D eigenvalue weighted by Crippen LogP contribution is 2.22. The van der Waals surface area contributed by atoms with Crippen LogP contribution in [0.4, 0.5) is 11.4 Å². The molecule has 138 valence electrons. The highest BCUT2D eigenvalue weighted by Gasteiger charge is 2.18. The Hall–Kier alpha value is -3.19. The van der Waals surface area contributed by atoms with E-state index in [1.165, 1.54) is 10.9 Å². The Labute approximate surface area is 157 Å². The second-order valence-corrected chi connectivity index (χ2v) is 6.59. The van der Waals surface area contributed by atoms with Crippen molar-refractivity contribution in [2.45, 2.75) is 18.9 Å². The summed E-state index contributed by atoms with van der Waals surface area (Å²) in [7, 11) is 0. The lowest BCUT2D eigenvalue weighted by molar-refractivity contribution is 0.101. The first-order valence-electron chi connectivity index (χ1n) is 9.01. The molecule has 2 aromatic carbocycles. The number of aliphatic hydroxyl groups excluding tert-OH is 1. The zero-order chi connectivity index (χ0) is 18.6. The number of hydrogen-bond acceptors (Lipinski definition) is 5. The summed E-state index contributed by atoms with van der Waals surface area (Å²) in [6, 6.07) is 17.2. The predicted octanol–water partition coefficient (Wildman–Crippen LogP) is 2.48. The van der Waals surface area contributed by atoms with Crippen LogP contribution in [0.15, 0.2) is 60.8 Å². The van der Waals surface area contributed by atoms with E-state index in [1.54, 1.807) is 0 Å². The number of carbonyl (C=O) groups is 1. The Bertz CT molecular complexity index is 900. The second-order valence-electron chi connectivity index (χ2n) is 6.59. The van der Waals surface area contributed by atoms with Gasteiger partial charge in [0.2, 0.25) is 0 Å². The molecule has 1 aliphatic rings. The standard InChI is InChI=1S/C20H21N5O2/c26-18-10-12-24(13-11-18)16-8-6-15(7-9-16)22-20(27)19-14-21-23-25(19)17-4-2-1-3-5-17/h1-9,14,18,26H,10-13H2,(H,22,27). The molecule has 2 heterocycles. The van der Waals surface area contributed by atoms with E-state index >= 15 is 0 Å². The van der Waals surface area contributed by atoms with E-state index in [4.69, 9.17) is 0 Å². The van der Waals surface area contributed by atoms with Gasteiger partial charge in [0, 0.05) is 24.5 Å². The topological polar surface area (TPSA) is 83.3 Å². The zero-order valence-corrected chi connectivity index (χ0v) is 14.8. The van der Waals surface area contributed by atoms with E-state index in [1.807, 2.05) is 54.6 Å². The lowest BCUT2D eigenvalue weighted by atomic mass is 10.1. The van der Waals surface area contributed by atoms with Gasteiger partial charge in [0.05, 0.1) is 18.0 Å². The van der Waals surface area contributed by atoms with Crippen LogP contribution in [0.5, 0.6) is 0 Å². The first kappa shape index (κ1) is 17.2. The van der Waals surface area contributed by atoms with Crippen LogP contribution in [0.1, 0.15) is 23.3 Å².